The van der Waals surface area contributed by atoms with Gasteiger partial charge in [-0.25, -0.2) is 0 Å². The number of nitrogens with zero attached hydrogens (tertiary/aromatic N) is 2. The SMILES string of the molecule is O=C(CCCc1nc(-c2cccs2)no1)NC1(c2ccc(Cl)cc2)CCC1. The Labute approximate surface area is 166 Å². The van der Waals surface area contributed by atoms with Gasteiger partial charge in [-0.05, 0) is 54.8 Å². The van der Waals surface area contributed by atoms with Crippen LogP contribution in [0.15, 0.2) is 46.3 Å². The quantitative estimate of drug-likeness (QED) is 0.606. The third-order valence-electron chi connectivity index (χ3n) is 4.99. The number of benzene rings is 1. The van der Waals surface area contributed by atoms with Gasteiger partial charge >= 0.3 is 0 Å². The highest BCUT2D eigenvalue weighted by atomic mass is 35.5. The average molecular weight is 402 g/mol. The van der Waals surface area contributed by atoms with Crippen LogP contribution in [-0.4, -0.2) is 16.0 Å². The lowest BCUT2D eigenvalue weighted by Gasteiger charge is -2.43. The Morgan fingerprint density at radius 3 is 2.74 bits per heavy atom. The van der Waals surface area contributed by atoms with Crippen LogP contribution in [0.3, 0.4) is 0 Å². The van der Waals surface area contributed by atoms with Gasteiger partial charge in [-0.15, -0.1) is 11.3 Å². The second-order valence-corrected chi connectivity index (χ2v) is 8.22. The number of aromatic nitrogens is 2. The fourth-order valence-corrected chi connectivity index (χ4v) is 4.15. The third kappa shape index (κ3) is 4.06. The van der Waals surface area contributed by atoms with E-state index in [2.05, 4.69) is 15.5 Å². The van der Waals surface area contributed by atoms with Crippen molar-refractivity contribution < 1.29 is 9.32 Å². The minimum Gasteiger partial charge on any atom is -0.347 e. The molecule has 2 heterocycles. The van der Waals surface area contributed by atoms with E-state index in [4.69, 9.17) is 16.1 Å². The van der Waals surface area contributed by atoms with E-state index in [1.165, 1.54) is 0 Å². The van der Waals surface area contributed by atoms with Crippen LogP contribution < -0.4 is 5.32 Å². The molecule has 3 aromatic rings. The van der Waals surface area contributed by atoms with Crippen LogP contribution in [0.4, 0.5) is 0 Å². The first-order valence-corrected chi connectivity index (χ1v) is 10.3. The molecule has 0 aliphatic heterocycles. The zero-order valence-electron chi connectivity index (χ0n) is 14.8. The van der Waals surface area contributed by atoms with Crippen molar-refractivity contribution in [2.45, 2.75) is 44.1 Å². The second-order valence-electron chi connectivity index (χ2n) is 6.83. The maximum atomic E-state index is 12.5. The molecule has 1 N–H and O–H groups in total. The van der Waals surface area contributed by atoms with Crippen molar-refractivity contribution >= 4 is 28.8 Å². The molecule has 27 heavy (non-hydrogen) atoms. The first-order valence-electron chi connectivity index (χ1n) is 9.08. The molecule has 0 spiro atoms. The van der Waals surface area contributed by atoms with Gasteiger partial charge in [-0.3, -0.25) is 4.79 Å². The smallest absolute Gasteiger partial charge is 0.226 e. The lowest BCUT2D eigenvalue weighted by atomic mass is 9.71. The van der Waals surface area contributed by atoms with Gasteiger partial charge in [0.15, 0.2) is 0 Å². The number of hydrogen-bond acceptors (Lipinski definition) is 5. The number of halogens is 1. The lowest BCUT2D eigenvalue weighted by Crippen LogP contribution is -2.50. The van der Waals surface area contributed by atoms with Gasteiger partial charge < -0.3 is 9.84 Å². The van der Waals surface area contributed by atoms with Gasteiger partial charge in [0.1, 0.15) is 0 Å². The number of amides is 1. The first-order chi connectivity index (χ1) is 13.1. The Bertz CT molecular complexity index is 902. The molecule has 1 saturated carbocycles. The van der Waals surface area contributed by atoms with E-state index < -0.39 is 0 Å². The van der Waals surface area contributed by atoms with E-state index in [-0.39, 0.29) is 11.4 Å². The van der Waals surface area contributed by atoms with Crippen LogP contribution in [0.25, 0.3) is 10.7 Å². The summed E-state index contributed by atoms with van der Waals surface area (Å²) in [6.07, 6.45) is 4.76. The van der Waals surface area contributed by atoms with Crippen molar-refractivity contribution in [3.63, 3.8) is 0 Å². The largest absolute Gasteiger partial charge is 0.347 e. The fraction of sp³-hybridized carbons (Fsp3) is 0.350. The van der Waals surface area contributed by atoms with Crippen molar-refractivity contribution in [2.24, 2.45) is 0 Å². The predicted octanol–water partition coefficient (Wildman–Crippen LogP) is 4.97. The number of hydrogen-bond donors (Lipinski definition) is 1. The van der Waals surface area contributed by atoms with Crippen molar-refractivity contribution in [3.8, 4) is 10.7 Å². The molecule has 1 aromatic carbocycles. The lowest BCUT2D eigenvalue weighted by molar-refractivity contribution is -0.124. The summed E-state index contributed by atoms with van der Waals surface area (Å²) in [7, 11) is 0. The summed E-state index contributed by atoms with van der Waals surface area (Å²) in [6, 6.07) is 11.7. The molecule has 140 valence electrons. The van der Waals surface area contributed by atoms with Gasteiger partial charge in [-0.1, -0.05) is 35.0 Å². The van der Waals surface area contributed by atoms with E-state index in [0.717, 1.165) is 29.7 Å². The number of rotatable bonds is 7. The topological polar surface area (TPSA) is 68.0 Å². The van der Waals surface area contributed by atoms with Gasteiger partial charge in [0, 0.05) is 17.9 Å². The van der Waals surface area contributed by atoms with Crippen LogP contribution in [0.5, 0.6) is 0 Å². The summed E-state index contributed by atoms with van der Waals surface area (Å²) in [5.74, 6) is 1.24. The van der Waals surface area contributed by atoms with Crippen molar-refractivity contribution in [1.82, 2.24) is 15.5 Å². The van der Waals surface area contributed by atoms with Crippen LogP contribution in [0.2, 0.25) is 5.02 Å². The molecule has 0 radical (unpaired) electrons. The number of aryl methyl sites for hydroxylation is 1. The molecular weight excluding hydrogens is 382 g/mol. The van der Waals surface area contributed by atoms with Crippen molar-refractivity contribution in [3.05, 3.63) is 58.3 Å². The molecule has 0 atom stereocenters. The maximum Gasteiger partial charge on any atom is 0.226 e. The van der Waals surface area contributed by atoms with E-state index in [1.54, 1.807) is 11.3 Å². The van der Waals surface area contributed by atoms with Crippen LogP contribution in [0.1, 0.15) is 43.6 Å². The Balaban J connectivity index is 1.30. The first kappa shape index (κ1) is 18.2. The molecule has 1 fully saturated rings. The van der Waals surface area contributed by atoms with Gasteiger partial charge in [0.2, 0.25) is 17.6 Å². The highest BCUT2D eigenvalue weighted by Crippen LogP contribution is 2.41. The van der Waals surface area contributed by atoms with Crippen LogP contribution in [-0.2, 0) is 16.8 Å². The van der Waals surface area contributed by atoms with Crippen LogP contribution in [0, 0.1) is 0 Å². The minimum atomic E-state index is -0.238. The Hall–Kier alpha value is -2.18. The molecule has 1 amide bonds. The summed E-state index contributed by atoms with van der Waals surface area (Å²) in [4.78, 5) is 17.9. The molecule has 4 rings (SSSR count). The van der Waals surface area contributed by atoms with E-state index in [0.29, 0.717) is 36.0 Å². The fourth-order valence-electron chi connectivity index (χ4n) is 3.38. The van der Waals surface area contributed by atoms with E-state index >= 15 is 0 Å². The Morgan fingerprint density at radius 1 is 1.26 bits per heavy atom. The summed E-state index contributed by atoms with van der Waals surface area (Å²) >= 11 is 7.56. The Morgan fingerprint density at radius 2 is 2.07 bits per heavy atom. The molecule has 1 aliphatic rings. The van der Waals surface area contributed by atoms with E-state index in [9.17, 15) is 4.79 Å². The third-order valence-corrected chi connectivity index (χ3v) is 6.10. The maximum absolute atomic E-state index is 12.5. The molecule has 0 bridgehead atoms. The van der Waals surface area contributed by atoms with E-state index in [1.807, 2.05) is 41.8 Å². The monoisotopic (exact) mass is 401 g/mol. The van der Waals surface area contributed by atoms with Crippen LogP contribution >= 0.6 is 22.9 Å². The second kappa shape index (κ2) is 7.82. The average Bonchev–Trinajstić information content (AvgIpc) is 3.30. The highest BCUT2D eigenvalue weighted by molar-refractivity contribution is 7.13. The predicted molar refractivity (Wildman–Crippen MR) is 106 cm³/mol. The van der Waals surface area contributed by atoms with Crippen molar-refractivity contribution in [1.29, 1.82) is 0 Å². The zero-order chi connectivity index (χ0) is 18.7. The van der Waals surface area contributed by atoms with Gasteiger partial charge in [-0.2, -0.15) is 4.98 Å². The number of nitrogens with one attached hydrogen (secondary N) is 1. The normalized spacial score (nSPS) is 15.3. The summed E-state index contributed by atoms with van der Waals surface area (Å²) in [5, 5.41) is 9.92. The summed E-state index contributed by atoms with van der Waals surface area (Å²) in [6.45, 7) is 0. The Kier molecular flexibility index (Phi) is 5.27. The summed E-state index contributed by atoms with van der Waals surface area (Å²) < 4.78 is 5.29. The highest BCUT2D eigenvalue weighted by Gasteiger charge is 2.39. The number of carbonyl (C=O) groups is 1. The number of carbonyl (C=O) groups excluding carboxylic acids is 1. The standard InChI is InChI=1S/C20H20ClN3O2S/c21-15-9-7-14(8-10-15)20(11-3-12-20)23-17(25)5-1-6-18-22-19(24-26-18)16-4-2-13-27-16/h2,4,7-10,13H,1,3,5-6,11-12H2,(H,23,25). The van der Waals surface area contributed by atoms with Crippen molar-refractivity contribution in [2.75, 3.05) is 0 Å². The molecule has 0 saturated heterocycles. The molecule has 1 aliphatic carbocycles. The molecular formula is C20H20ClN3O2S. The van der Waals surface area contributed by atoms with Gasteiger partial charge in [0.05, 0.1) is 10.4 Å². The zero-order valence-corrected chi connectivity index (χ0v) is 16.4. The summed E-state index contributed by atoms with van der Waals surface area (Å²) in [5.41, 5.74) is 0.891. The molecule has 5 nitrogen and oxygen atoms in total. The van der Waals surface area contributed by atoms with Gasteiger partial charge in [0.25, 0.3) is 0 Å². The molecule has 0 unspecified atom stereocenters. The minimum absolute atomic E-state index is 0.0580. The number of thiophene rings is 1. The molecule has 2 aromatic heterocycles. The molecule has 7 heteroatoms.